The van der Waals surface area contributed by atoms with Gasteiger partial charge in [-0.2, -0.15) is 0 Å². The molecule has 0 aliphatic carbocycles. The van der Waals surface area contributed by atoms with Crippen LogP contribution >= 0.6 is 0 Å². The molecule has 0 aliphatic rings. The van der Waals surface area contributed by atoms with Crippen molar-refractivity contribution in [3.8, 4) is 0 Å². The highest BCUT2D eigenvalue weighted by molar-refractivity contribution is 5.94. The Labute approximate surface area is 112 Å². The van der Waals surface area contributed by atoms with Crippen molar-refractivity contribution in [2.45, 2.75) is 0 Å². The van der Waals surface area contributed by atoms with Crippen LogP contribution in [0.5, 0.6) is 0 Å². The summed E-state index contributed by atoms with van der Waals surface area (Å²) in [7, 11) is 0. The number of carbonyl (C=O) groups excluding carboxylic acids is 1. The lowest BCUT2D eigenvalue weighted by molar-refractivity contribution is -0.385. The van der Waals surface area contributed by atoms with Crippen LogP contribution in [-0.4, -0.2) is 15.8 Å². The number of rotatable bonds is 4. The fourth-order valence-corrected chi connectivity index (χ4v) is 1.54. The first-order valence-corrected chi connectivity index (χ1v) is 5.57. The predicted octanol–water partition coefficient (Wildman–Crippen LogP) is 1.04. The van der Waals surface area contributed by atoms with Crippen LogP contribution in [0.1, 0.15) is 10.4 Å². The normalized spacial score (nSPS) is 9.80. The molecule has 3 N–H and O–H groups in total. The molecular weight excluding hydrogens is 264 g/mol. The maximum atomic E-state index is 11.8. The van der Waals surface area contributed by atoms with Gasteiger partial charge in [0.15, 0.2) is 0 Å². The van der Waals surface area contributed by atoms with Gasteiger partial charge in [-0.05, 0) is 18.2 Å². The van der Waals surface area contributed by atoms with Crippen molar-refractivity contribution in [1.82, 2.24) is 10.4 Å². The first kappa shape index (κ1) is 13.3. The number of benzene rings is 1. The smallest absolute Gasteiger partial charge is 0.323 e. The molecule has 0 saturated carbocycles. The number of pyridine rings is 1. The van der Waals surface area contributed by atoms with Crippen molar-refractivity contribution in [3.05, 3.63) is 68.6 Å². The van der Waals surface area contributed by atoms with Crippen molar-refractivity contribution >= 4 is 17.3 Å². The number of carbonyl (C=O) groups is 1. The van der Waals surface area contributed by atoms with E-state index in [0.717, 1.165) is 0 Å². The Morgan fingerprint density at radius 2 is 1.90 bits per heavy atom. The van der Waals surface area contributed by atoms with E-state index in [0.29, 0.717) is 5.56 Å². The third kappa shape index (κ3) is 2.80. The third-order valence-electron chi connectivity index (χ3n) is 2.46. The Hall–Kier alpha value is -3.16. The molecule has 0 bridgehead atoms. The van der Waals surface area contributed by atoms with E-state index in [2.05, 4.69) is 15.8 Å². The number of aromatic nitrogens is 1. The Balaban J connectivity index is 2.16. The molecule has 8 nitrogen and oxygen atoms in total. The molecule has 20 heavy (non-hydrogen) atoms. The average molecular weight is 274 g/mol. The summed E-state index contributed by atoms with van der Waals surface area (Å²) < 4.78 is 0. The van der Waals surface area contributed by atoms with Gasteiger partial charge in [-0.15, -0.1) is 0 Å². The second-order valence-corrected chi connectivity index (χ2v) is 3.77. The first-order chi connectivity index (χ1) is 9.59. The number of nitro groups is 1. The van der Waals surface area contributed by atoms with Gasteiger partial charge in [0.25, 0.3) is 5.91 Å². The van der Waals surface area contributed by atoms with Crippen LogP contribution < -0.4 is 16.4 Å². The van der Waals surface area contributed by atoms with Crippen LogP contribution in [0, 0.1) is 10.1 Å². The van der Waals surface area contributed by atoms with E-state index >= 15 is 0 Å². The minimum absolute atomic E-state index is 0.0944. The molecule has 2 rings (SSSR count). The number of anilines is 1. The van der Waals surface area contributed by atoms with Crippen molar-refractivity contribution in [2.24, 2.45) is 0 Å². The van der Waals surface area contributed by atoms with E-state index in [-0.39, 0.29) is 5.69 Å². The van der Waals surface area contributed by atoms with Gasteiger partial charge in [0.1, 0.15) is 5.69 Å². The Kier molecular flexibility index (Phi) is 3.75. The van der Waals surface area contributed by atoms with Gasteiger partial charge in [0.2, 0.25) is 0 Å². The highest BCUT2D eigenvalue weighted by Gasteiger charge is 2.19. The number of hydrogen-bond donors (Lipinski definition) is 3. The number of amides is 1. The molecule has 1 heterocycles. The largest absolute Gasteiger partial charge is 0.358 e. The molecule has 0 fully saturated rings. The van der Waals surface area contributed by atoms with Gasteiger partial charge in [0, 0.05) is 11.8 Å². The number of hydrazine groups is 1. The van der Waals surface area contributed by atoms with Gasteiger partial charge in [-0.1, -0.05) is 18.2 Å². The van der Waals surface area contributed by atoms with E-state index in [1.165, 1.54) is 12.3 Å². The van der Waals surface area contributed by atoms with Crippen LogP contribution in [0.25, 0.3) is 0 Å². The molecule has 0 unspecified atom stereocenters. The van der Waals surface area contributed by atoms with E-state index in [4.69, 9.17) is 0 Å². The van der Waals surface area contributed by atoms with Crippen LogP contribution in [0.15, 0.2) is 47.4 Å². The number of nitrogens with one attached hydrogen (secondary N) is 3. The summed E-state index contributed by atoms with van der Waals surface area (Å²) >= 11 is 0. The number of aromatic amines is 1. The molecule has 0 radical (unpaired) electrons. The summed E-state index contributed by atoms with van der Waals surface area (Å²) in [6.45, 7) is 0. The molecule has 1 aromatic heterocycles. The second-order valence-electron chi connectivity index (χ2n) is 3.77. The minimum atomic E-state index is -0.853. The van der Waals surface area contributed by atoms with Crippen LogP contribution in [-0.2, 0) is 0 Å². The lowest BCUT2D eigenvalue weighted by atomic mass is 10.2. The Morgan fingerprint density at radius 3 is 2.55 bits per heavy atom. The predicted molar refractivity (Wildman–Crippen MR) is 71.2 cm³/mol. The van der Waals surface area contributed by atoms with Gasteiger partial charge in [-0.3, -0.25) is 30.6 Å². The first-order valence-electron chi connectivity index (χ1n) is 5.57. The summed E-state index contributed by atoms with van der Waals surface area (Å²) in [4.78, 5) is 35.3. The van der Waals surface area contributed by atoms with Crippen LogP contribution in [0.3, 0.4) is 0 Å². The van der Waals surface area contributed by atoms with Crippen molar-refractivity contribution < 1.29 is 9.72 Å². The molecule has 102 valence electrons. The van der Waals surface area contributed by atoms with Crippen molar-refractivity contribution in [3.63, 3.8) is 0 Å². The third-order valence-corrected chi connectivity index (χ3v) is 2.46. The fraction of sp³-hybridized carbons (Fsp3) is 0. The zero-order valence-corrected chi connectivity index (χ0v) is 10.1. The molecule has 0 spiro atoms. The molecule has 0 atom stereocenters. The summed E-state index contributed by atoms with van der Waals surface area (Å²) in [6.07, 6.45) is 1.24. The summed E-state index contributed by atoms with van der Waals surface area (Å²) in [5, 5.41) is 10.8. The Morgan fingerprint density at radius 1 is 1.20 bits per heavy atom. The zero-order chi connectivity index (χ0) is 14.5. The van der Waals surface area contributed by atoms with Gasteiger partial charge >= 0.3 is 11.2 Å². The lowest BCUT2D eigenvalue weighted by Crippen LogP contribution is -2.30. The van der Waals surface area contributed by atoms with E-state index < -0.39 is 22.1 Å². The molecular formula is C12H10N4O4. The van der Waals surface area contributed by atoms with E-state index in [1.54, 1.807) is 30.3 Å². The SMILES string of the molecule is O=C(NNc1cc[nH]c(=O)c1[N+](=O)[O-])c1ccccc1. The maximum absolute atomic E-state index is 11.8. The topological polar surface area (TPSA) is 117 Å². The zero-order valence-electron chi connectivity index (χ0n) is 10.1. The van der Waals surface area contributed by atoms with Crippen LogP contribution in [0.2, 0.25) is 0 Å². The molecule has 1 aromatic carbocycles. The average Bonchev–Trinajstić information content (AvgIpc) is 2.45. The quantitative estimate of drug-likeness (QED) is 0.568. The maximum Gasteiger partial charge on any atom is 0.358 e. The van der Waals surface area contributed by atoms with Gasteiger partial charge < -0.3 is 4.98 Å². The fourth-order valence-electron chi connectivity index (χ4n) is 1.54. The molecule has 1 amide bonds. The van der Waals surface area contributed by atoms with E-state index in [1.807, 2.05) is 0 Å². The van der Waals surface area contributed by atoms with Crippen molar-refractivity contribution in [2.75, 3.05) is 5.43 Å². The molecule has 2 aromatic rings. The van der Waals surface area contributed by atoms with Gasteiger partial charge in [0.05, 0.1) is 4.92 Å². The second kappa shape index (κ2) is 5.65. The van der Waals surface area contributed by atoms with Crippen molar-refractivity contribution in [1.29, 1.82) is 0 Å². The molecule has 8 heteroatoms. The van der Waals surface area contributed by atoms with E-state index in [9.17, 15) is 19.7 Å². The van der Waals surface area contributed by atoms with Gasteiger partial charge in [-0.25, -0.2) is 0 Å². The summed E-state index contributed by atoms with van der Waals surface area (Å²) in [5.41, 5.74) is 3.43. The highest BCUT2D eigenvalue weighted by Crippen LogP contribution is 2.16. The number of nitrogens with zero attached hydrogens (tertiary/aromatic N) is 1. The molecule has 0 aliphatic heterocycles. The number of hydrogen-bond acceptors (Lipinski definition) is 5. The number of H-pyrrole nitrogens is 1. The lowest BCUT2D eigenvalue weighted by Gasteiger charge is -2.08. The summed E-state index contributed by atoms with van der Waals surface area (Å²) in [5.74, 6) is -0.472. The highest BCUT2D eigenvalue weighted by atomic mass is 16.6. The van der Waals surface area contributed by atoms with Crippen LogP contribution in [0.4, 0.5) is 11.4 Å². The molecule has 0 saturated heterocycles. The minimum Gasteiger partial charge on any atom is -0.323 e. The Bertz CT molecular complexity index is 696. The summed E-state index contributed by atoms with van der Waals surface area (Å²) in [6, 6.07) is 9.58. The monoisotopic (exact) mass is 274 g/mol. The standard InChI is InChI=1S/C12H10N4O4/c17-11(8-4-2-1-3-5-8)15-14-9-6-7-13-12(18)10(9)16(19)20/h1-7H,(H,15,17)(H2,13,14,18).